The van der Waals surface area contributed by atoms with E-state index in [1.165, 1.54) is 6.20 Å². The molecule has 0 atom stereocenters. The first-order valence-corrected chi connectivity index (χ1v) is 12.9. The molecule has 6 rings (SSSR count). The van der Waals surface area contributed by atoms with E-state index in [9.17, 15) is 9.90 Å². The van der Waals surface area contributed by atoms with Crippen molar-refractivity contribution < 1.29 is 9.90 Å². The van der Waals surface area contributed by atoms with Crippen molar-refractivity contribution in [1.82, 2.24) is 24.7 Å². The Kier molecular flexibility index (Phi) is 6.15. The van der Waals surface area contributed by atoms with E-state index in [1.807, 2.05) is 44.4 Å². The molecule has 4 aromatic rings. The second kappa shape index (κ2) is 9.69. The van der Waals surface area contributed by atoms with Crippen molar-refractivity contribution in [3.63, 3.8) is 0 Å². The highest BCUT2D eigenvalue weighted by molar-refractivity contribution is 6.36. The molecule has 11 nitrogen and oxygen atoms in total. The minimum absolute atomic E-state index is 0.228. The number of rotatable bonds is 6. The number of amidine groups is 1. The molecule has 1 aromatic carbocycles. The molecule has 1 amide bonds. The topological polar surface area (TPSA) is 133 Å². The maximum absolute atomic E-state index is 13.0. The number of nitrogens with one attached hydrogen (secondary N) is 2. The van der Waals surface area contributed by atoms with Gasteiger partial charge in [0.05, 0.1) is 24.0 Å². The van der Waals surface area contributed by atoms with E-state index in [4.69, 9.17) is 9.98 Å². The summed E-state index contributed by atoms with van der Waals surface area (Å²) in [5.74, 6) is 1.76. The summed E-state index contributed by atoms with van der Waals surface area (Å²) < 4.78 is 1.71. The molecule has 202 valence electrons. The van der Waals surface area contributed by atoms with Crippen LogP contribution in [0, 0.1) is 6.92 Å². The van der Waals surface area contributed by atoms with Crippen molar-refractivity contribution in [2.24, 2.45) is 12.0 Å². The first-order chi connectivity index (χ1) is 19.2. The van der Waals surface area contributed by atoms with Crippen LogP contribution in [0.3, 0.4) is 0 Å². The summed E-state index contributed by atoms with van der Waals surface area (Å²) in [4.78, 5) is 33.5. The lowest BCUT2D eigenvalue weighted by Crippen LogP contribution is -2.32. The number of hydrogen-bond acceptors (Lipinski definition) is 9. The molecule has 5 heterocycles. The van der Waals surface area contributed by atoms with Crippen LogP contribution in [-0.4, -0.2) is 54.7 Å². The van der Waals surface area contributed by atoms with Crippen LogP contribution >= 0.6 is 0 Å². The van der Waals surface area contributed by atoms with Gasteiger partial charge < -0.3 is 20.6 Å². The molecule has 0 saturated heterocycles. The van der Waals surface area contributed by atoms with Crippen LogP contribution < -0.4 is 15.5 Å². The van der Waals surface area contributed by atoms with Crippen molar-refractivity contribution in [2.45, 2.75) is 26.4 Å². The molecule has 0 fully saturated rings. The minimum atomic E-state index is -1.08. The number of carbonyl (C=O) groups is 1. The van der Waals surface area contributed by atoms with E-state index >= 15 is 0 Å². The number of amides is 1. The highest BCUT2D eigenvalue weighted by atomic mass is 16.3. The number of hydrogen-bond donors (Lipinski definition) is 3. The lowest BCUT2D eigenvalue weighted by atomic mass is 9.94. The number of aromatic nitrogens is 5. The van der Waals surface area contributed by atoms with E-state index in [-0.39, 0.29) is 11.6 Å². The molecule has 2 aliphatic heterocycles. The average Bonchev–Trinajstić information content (AvgIpc) is 3.58. The Morgan fingerprint density at radius 1 is 1.10 bits per heavy atom. The minimum Gasteiger partial charge on any atom is -0.386 e. The number of anilines is 4. The van der Waals surface area contributed by atoms with E-state index in [0.717, 1.165) is 39.6 Å². The Labute approximate surface area is 231 Å². The number of aliphatic imine (C=N–C) groups is 1. The van der Waals surface area contributed by atoms with Crippen LogP contribution in [0.1, 0.15) is 46.6 Å². The third-order valence-corrected chi connectivity index (χ3v) is 6.88. The lowest BCUT2D eigenvalue weighted by molar-refractivity contribution is 0.0783. The number of fused-ring (bicyclic) bond motifs is 3. The quantitative estimate of drug-likeness (QED) is 0.338. The first kappa shape index (κ1) is 25.4. The molecule has 11 heteroatoms. The van der Waals surface area contributed by atoms with Gasteiger partial charge in [-0.25, -0.2) is 4.98 Å². The Hall–Kier alpha value is -4.90. The van der Waals surface area contributed by atoms with Crippen LogP contribution in [-0.2, 0) is 12.6 Å². The van der Waals surface area contributed by atoms with Crippen molar-refractivity contribution in [1.29, 1.82) is 0 Å². The van der Waals surface area contributed by atoms with Crippen LogP contribution in [0.5, 0.6) is 0 Å². The summed E-state index contributed by atoms with van der Waals surface area (Å²) in [5.41, 5.74) is 5.02. The predicted molar refractivity (Wildman–Crippen MR) is 155 cm³/mol. The van der Waals surface area contributed by atoms with Gasteiger partial charge in [-0.2, -0.15) is 10.1 Å². The van der Waals surface area contributed by atoms with Gasteiger partial charge in [-0.1, -0.05) is 6.07 Å². The van der Waals surface area contributed by atoms with Gasteiger partial charge in [0.25, 0.3) is 5.91 Å². The number of aliphatic hydroxyl groups is 1. The summed E-state index contributed by atoms with van der Waals surface area (Å²) in [6.07, 6.45) is 8.96. The fourth-order valence-corrected chi connectivity index (χ4v) is 4.80. The fourth-order valence-electron chi connectivity index (χ4n) is 4.80. The Morgan fingerprint density at radius 2 is 1.95 bits per heavy atom. The first-order valence-electron chi connectivity index (χ1n) is 12.9. The molecule has 0 unspecified atom stereocenters. The Morgan fingerprint density at radius 3 is 2.73 bits per heavy atom. The Balaban J connectivity index is 1.31. The van der Waals surface area contributed by atoms with Gasteiger partial charge in [-0.15, -0.1) is 0 Å². The van der Waals surface area contributed by atoms with Crippen molar-refractivity contribution in [2.75, 3.05) is 28.6 Å². The number of carbonyl (C=O) groups excluding carboxylic acids is 1. The second-order valence-electron chi connectivity index (χ2n) is 10.4. The largest absolute Gasteiger partial charge is 0.386 e. The summed E-state index contributed by atoms with van der Waals surface area (Å²) in [6.45, 7) is 6.74. The van der Waals surface area contributed by atoms with Crippen molar-refractivity contribution in [3.05, 3.63) is 83.1 Å². The highest BCUT2D eigenvalue weighted by Crippen LogP contribution is 2.37. The summed E-state index contributed by atoms with van der Waals surface area (Å²) in [7, 11) is 1.85. The van der Waals surface area contributed by atoms with Crippen molar-refractivity contribution in [3.8, 4) is 0 Å². The van der Waals surface area contributed by atoms with E-state index in [2.05, 4.69) is 30.6 Å². The summed E-state index contributed by atoms with van der Waals surface area (Å²) in [6, 6.07) is 9.08. The number of nitrogens with zero attached hydrogens (tertiary/aromatic N) is 7. The smallest absolute Gasteiger partial charge is 0.274 e. The van der Waals surface area contributed by atoms with E-state index < -0.39 is 5.60 Å². The zero-order valence-corrected chi connectivity index (χ0v) is 22.7. The van der Waals surface area contributed by atoms with E-state index in [1.54, 1.807) is 43.1 Å². The number of aryl methyl sites for hydroxylation is 2. The van der Waals surface area contributed by atoms with Gasteiger partial charge >= 0.3 is 0 Å². The molecule has 0 radical (unpaired) electrons. The molecular weight excluding hydrogens is 506 g/mol. The molecular formula is C29H29N9O2. The molecule has 0 bridgehead atoms. The number of pyridine rings is 1. The molecule has 0 spiro atoms. The zero-order chi connectivity index (χ0) is 28.0. The highest BCUT2D eigenvalue weighted by Gasteiger charge is 2.31. The third-order valence-electron chi connectivity index (χ3n) is 6.88. The van der Waals surface area contributed by atoms with Crippen LogP contribution in [0.25, 0.3) is 11.6 Å². The molecule has 0 saturated carbocycles. The maximum atomic E-state index is 13.0. The van der Waals surface area contributed by atoms with Crippen molar-refractivity contribution >= 4 is 46.5 Å². The lowest BCUT2D eigenvalue weighted by Gasteiger charge is -2.28. The van der Waals surface area contributed by atoms with Crippen LogP contribution in [0.2, 0.25) is 0 Å². The van der Waals surface area contributed by atoms with Gasteiger partial charge in [0, 0.05) is 49.0 Å². The predicted octanol–water partition coefficient (Wildman–Crippen LogP) is 3.91. The Bertz CT molecular complexity index is 1700. The third kappa shape index (κ3) is 4.82. The van der Waals surface area contributed by atoms with Crippen LogP contribution in [0.4, 0.5) is 23.1 Å². The molecule has 3 aromatic heterocycles. The van der Waals surface area contributed by atoms with Gasteiger partial charge in [0.15, 0.2) is 0 Å². The van der Waals surface area contributed by atoms with Gasteiger partial charge in [-0.3, -0.25) is 19.5 Å². The van der Waals surface area contributed by atoms with Gasteiger partial charge in [0.1, 0.15) is 17.3 Å². The number of benzene rings is 1. The summed E-state index contributed by atoms with van der Waals surface area (Å²) >= 11 is 0. The molecule has 0 aliphatic carbocycles. The molecule has 3 N–H and O–H groups in total. The SMILES string of the molecule is Cc1ccc(NC(=O)c2cc(C(C)(C)O)ccn2)cc1C1=Cc2cnc(Nc3cnn(C)c3)nc2N2CCN=C12. The zero-order valence-electron chi connectivity index (χ0n) is 22.7. The summed E-state index contributed by atoms with van der Waals surface area (Å²) in [5, 5.41) is 20.7. The van der Waals surface area contributed by atoms with Gasteiger partial charge in [0.2, 0.25) is 5.95 Å². The standard InChI is InChI=1S/C29H29N9O2/c1-17-5-6-20(34-27(39)24-12-19(7-8-30-24)29(2,3)40)13-22(17)23-11-18-14-32-28(35-21-15-33-37(4)16-21)36-25(18)38-10-9-31-26(23)38/h5-8,11-16,40H,9-10H2,1-4H3,(H,34,39)(H,32,35,36). The molecule has 40 heavy (non-hydrogen) atoms. The average molecular weight is 536 g/mol. The second-order valence-corrected chi connectivity index (χ2v) is 10.4. The van der Waals surface area contributed by atoms with Gasteiger partial charge in [-0.05, 0) is 67.8 Å². The van der Waals surface area contributed by atoms with E-state index in [0.29, 0.717) is 30.3 Å². The normalized spacial score (nSPS) is 14.3. The molecule has 2 aliphatic rings. The monoisotopic (exact) mass is 535 g/mol. The van der Waals surface area contributed by atoms with Crippen LogP contribution in [0.15, 0.2) is 60.1 Å². The fraction of sp³-hybridized carbons (Fsp3) is 0.241. The maximum Gasteiger partial charge on any atom is 0.274 e.